The average Bonchev–Trinajstić information content (AvgIpc) is 3.41. The first-order chi connectivity index (χ1) is 12.1. The summed E-state index contributed by atoms with van der Waals surface area (Å²) in [5, 5.41) is 5.62. The lowest BCUT2D eigenvalue weighted by molar-refractivity contribution is -0.125. The Bertz CT molecular complexity index is 791. The Labute approximate surface area is 156 Å². The Kier molecular flexibility index (Phi) is 5.53. The minimum absolute atomic E-state index is 0.00140. The Morgan fingerprint density at radius 3 is 2.72 bits per heavy atom. The Morgan fingerprint density at radius 2 is 1.96 bits per heavy atom. The van der Waals surface area contributed by atoms with E-state index in [1.54, 1.807) is 0 Å². The quantitative estimate of drug-likeness (QED) is 0.772. The number of rotatable bonds is 6. The Morgan fingerprint density at radius 1 is 1.16 bits per heavy atom. The van der Waals surface area contributed by atoms with Gasteiger partial charge in [-0.1, -0.05) is 53.2 Å². The van der Waals surface area contributed by atoms with E-state index in [0.29, 0.717) is 0 Å². The largest absolute Gasteiger partial charge is 0.347 e. The van der Waals surface area contributed by atoms with E-state index in [0.717, 1.165) is 34.1 Å². The van der Waals surface area contributed by atoms with E-state index in [-0.39, 0.29) is 30.2 Å². The second-order valence-corrected chi connectivity index (χ2v) is 7.20. The summed E-state index contributed by atoms with van der Waals surface area (Å²) in [6.07, 6.45) is 1.68. The van der Waals surface area contributed by atoms with Gasteiger partial charge in [-0.3, -0.25) is 9.59 Å². The van der Waals surface area contributed by atoms with E-state index < -0.39 is 0 Å². The van der Waals surface area contributed by atoms with Gasteiger partial charge < -0.3 is 10.6 Å². The zero-order valence-corrected chi connectivity index (χ0v) is 15.7. The van der Waals surface area contributed by atoms with Gasteiger partial charge in [-0.2, -0.15) is 0 Å². The first-order valence-electron chi connectivity index (χ1n) is 8.49. The summed E-state index contributed by atoms with van der Waals surface area (Å²) in [7, 11) is 0. The molecular weight excluding hydrogens is 380 g/mol. The van der Waals surface area contributed by atoms with Crippen molar-refractivity contribution in [2.45, 2.75) is 25.7 Å². The predicted octanol–water partition coefficient (Wildman–Crippen LogP) is 3.87. The molecule has 5 heteroatoms. The molecule has 2 unspecified atom stereocenters. The number of nitrogens with one attached hydrogen (secondary N) is 2. The minimum atomic E-state index is -0.200. The molecule has 1 saturated carbocycles. The maximum Gasteiger partial charge on any atom is 0.243 e. The van der Waals surface area contributed by atoms with E-state index in [1.165, 1.54) is 0 Å². The predicted molar refractivity (Wildman–Crippen MR) is 102 cm³/mol. The lowest BCUT2D eigenvalue weighted by atomic mass is 10.1. The van der Waals surface area contributed by atoms with Crippen LogP contribution in [0.3, 0.4) is 0 Å². The molecule has 1 aliphatic rings. The molecule has 2 amide bonds. The van der Waals surface area contributed by atoms with Gasteiger partial charge in [0.05, 0.1) is 6.54 Å². The van der Waals surface area contributed by atoms with Crippen molar-refractivity contribution in [1.29, 1.82) is 0 Å². The molecule has 0 radical (unpaired) electrons. The molecule has 4 nitrogen and oxygen atoms in total. The van der Waals surface area contributed by atoms with E-state index in [4.69, 9.17) is 0 Å². The van der Waals surface area contributed by atoms with Crippen LogP contribution in [-0.2, 0) is 16.0 Å². The monoisotopic (exact) mass is 400 g/mol. The number of amides is 2. The first-order valence-corrected chi connectivity index (χ1v) is 9.28. The molecular formula is C20H21BrN2O2. The van der Waals surface area contributed by atoms with Crippen LogP contribution in [0.5, 0.6) is 0 Å². The first kappa shape index (κ1) is 17.7. The van der Waals surface area contributed by atoms with Crippen LogP contribution in [0.1, 0.15) is 30.4 Å². The lowest BCUT2D eigenvalue weighted by Crippen LogP contribution is -2.34. The summed E-state index contributed by atoms with van der Waals surface area (Å²) in [6.45, 7) is 2.04. The van der Waals surface area contributed by atoms with Crippen molar-refractivity contribution < 1.29 is 9.59 Å². The van der Waals surface area contributed by atoms with Crippen molar-refractivity contribution in [3.05, 3.63) is 64.1 Å². The summed E-state index contributed by atoms with van der Waals surface area (Å²) < 4.78 is 1.02. The van der Waals surface area contributed by atoms with Gasteiger partial charge in [-0.05, 0) is 48.1 Å². The maximum absolute atomic E-state index is 12.3. The average molecular weight is 401 g/mol. The number of benzene rings is 2. The molecule has 2 atom stereocenters. The molecule has 2 aromatic carbocycles. The van der Waals surface area contributed by atoms with Gasteiger partial charge >= 0.3 is 0 Å². The van der Waals surface area contributed by atoms with Gasteiger partial charge in [-0.15, -0.1) is 0 Å². The molecule has 1 aliphatic carbocycles. The summed E-state index contributed by atoms with van der Waals surface area (Å²) in [5.41, 5.74) is 3.05. The van der Waals surface area contributed by atoms with E-state index >= 15 is 0 Å². The maximum atomic E-state index is 12.3. The smallest absolute Gasteiger partial charge is 0.243 e. The van der Waals surface area contributed by atoms with Crippen molar-refractivity contribution in [2.75, 3.05) is 11.9 Å². The van der Waals surface area contributed by atoms with Gasteiger partial charge in [0.2, 0.25) is 11.8 Å². The van der Waals surface area contributed by atoms with Crippen LogP contribution in [0.25, 0.3) is 0 Å². The van der Waals surface area contributed by atoms with Gasteiger partial charge in [0.1, 0.15) is 0 Å². The van der Waals surface area contributed by atoms with Crippen LogP contribution in [0, 0.1) is 5.92 Å². The number of halogens is 1. The number of carbonyl (C=O) groups is 2. The van der Waals surface area contributed by atoms with Crippen LogP contribution in [-0.4, -0.2) is 18.4 Å². The molecule has 0 aliphatic heterocycles. The molecule has 0 saturated heterocycles. The highest BCUT2D eigenvalue weighted by Crippen LogP contribution is 2.47. The fourth-order valence-corrected chi connectivity index (χ4v) is 3.45. The van der Waals surface area contributed by atoms with Gasteiger partial charge in [-0.25, -0.2) is 0 Å². The molecule has 0 heterocycles. The highest BCUT2D eigenvalue weighted by molar-refractivity contribution is 9.10. The summed E-state index contributed by atoms with van der Waals surface area (Å²) >= 11 is 3.45. The summed E-state index contributed by atoms with van der Waals surface area (Å²) in [6, 6.07) is 15.7. The van der Waals surface area contributed by atoms with Crippen LogP contribution in [0.4, 0.5) is 5.69 Å². The SMILES string of the molecule is CCc1ccccc1NC(=O)CNC(=O)C1CC1c1cccc(Br)c1. The number of carbonyl (C=O) groups excluding carboxylic acids is 2. The van der Waals surface area contributed by atoms with Crippen molar-refractivity contribution in [2.24, 2.45) is 5.92 Å². The molecule has 0 spiro atoms. The summed E-state index contributed by atoms with van der Waals surface area (Å²) in [5.74, 6) is -0.0378. The number of aryl methyl sites for hydroxylation is 1. The van der Waals surface area contributed by atoms with Gasteiger partial charge in [0.15, 0.2) is 0 Å². The second kappa shape index (κ2) is 7.83. The zero-order valence-electron chi connectivity index (χ0n) is 14.1. The Hall–Kier alpha value is -2.14. The third-order valence-electron chi connectivity index (χ3n) is 4.50. The van der Waals surface area contributed by atoms with Crippen LogP contribution < -0.4 is 10.6 Å². The number of anilines is 1. The molecule has 0 bridgehead atoms. The number of para-hydroxylation sites is 1. The normalized spacial score (nSPS) is 18.5. The van der Waals surface area contributed by atoms with E-state index in [2.05, 4.69) is 26.6 Å². The fourth-order valence-electron chi connectivity index (χ4n) is 3.03. The molecule has 0 aromatic heterocycles. The third-order valence-corrected chi connectivity index (χ3v) is 4.99. The summed E-state index contributed by atoms with van der Waals surface area (Å²) in [4.78, 5) is 24.3. The highest BCUT2D eigenvalue weighted by atomic mass is 79.9. The molecule has 2 N–H and O–H groups in total. The van der Waals surface area contributed by atoms with Crippen molar-refractivity contribution in [3.8, 4) is 0 Å². The zero-order chi connectivity index (χ0) is 17.8. The molecule has 25 heavy (non-hydrogen) atoms. The van der Waals surface area contributed by atoms with Gasteiger partial charge in [0, 0.05) is 16.1 Å². The van der Waals surface area contributed by atoms with E-state index in [1.807, 2.05) is 55.5 Å². The van der Waals surface area contributed by atoms with Crippen molar-refractivity contribution in [3.63, 3.8) is 0 Å². The van der Waals surface area contributed by atoms with E-state index in [9.17, 15) is 9.59 Å². The molecule has 3 rings (SSSR count). The van der Waals surface area contributed by atoms with Crippen LogP contribution >= 0.6 is 15.9 Å². The third kappa shape index (κ3) is 4.48. The standard InChI is InChI=1S/C20H21BrN2O2/c1-2-13-6-3-4-9-18(13)23-19(24)12-22-20(25)17-11-16(17)14-7-5-8-15(21)10-14/h3-10,16-17H,2,11-12H2,1H3,(H,22,25)(H,23,24). The fraction of sp³-hybridized carbons (Fsp3) is 0.300. The van der Waals surface area contributed by atoms with Crippen LogP contribution in [0.2, 0.25) is 0 Å². The van der Waals surface area contributed by atoms with Crippen molar-refractivity contribution in [1.82, 2.24) is 5.32 Å². The molecule has 1 fully saturated rings. The Balaban J connectivity index is 1.49. The molecule has 130 valence electrons. The molecule has 2 aromatic rings. The lowest BCUT2D eigenvalue weighted by Gasteiger charge is -2.10. The second-order valence-electron chi connectivity index (χ2n) is 6.28. The topological polar surface area (TPSA) is 58.2 Å². The van der Waals surface area contributed by atoms with Crippen molar-refractivity contribution >= 4 is 33.4 Å². The highest BCUT2D eigenvalue weighted by Gasteiger charge is 2.43. The van der Waals surface area contributed by atoms with Gasteiger partial charge in [0.25, 0.3) is 0 Å². The van der Waals surface area contributed by atoms with Crippen LogP contribution in [0.15, 0.2) is 53.0 Å². The number of hydrogen-bond acceptors (Lipinski definition) is 2. The number of hydrogen-bond donors (Lipinski definition) is 2. The minimum Gasteiger partial charge on any atom is -0.347 e.